The lowest BCUT2D eigenvalue weighted by atomic mass is 9.68. The van der Waals surface area contributed by atoms with Crippen molar-refractivity contribution >= 4 is 22.1 Å². The Kier molecular flexibility index (Phi) is 27.4. The number of methoxy groups -OCH3 is 4. The highest BCUT2D eigenvalue weighted by atomic mass is 32.2. The minimum absolute atomic E-state index is 0. The molecule has 2 aliphatic carbocycles. The van der Waals surface area contributed by atoms with Crippen LogP contribution in [-0.4, -0.2) is 146 Å². The molecule has 0 aromatic carbocycles. The normalized spacial score (nSPS) is 32.7. The highest BCUT2D eigenvalue weighted by Gasteiger charge is 2.73. The summed E-state index contributed by atoms with van der Waals surface area (Å²) in [6, 6.07) is 0. The maximum Gasteiger partial charge on any atom is 0.305 e. The predicted octanol–water partition coefficient (Wildman–Crippen LogP) is 10.3. The largest absolute Gasteiger partial charge is 0.469 e. The first-order valence-electron chi connectivity index (χ1n) is 27.0. The molecule has 15 nitrogen and oxygen atoms in total. The van der Waals surface area contributed by atoms with Gasteiger partial charge in [0.25, 0.3) is 10.1 Å². The molecule has 0 aromatic rings. The Bertz CT molecular complexity index is 1770. The van der Waals surface area contributed by atoms with Gasteiger partial charge in [0.05, 0.1) is 87.2 Å². The lowest BCUT2D eigenvalue weighted by Gasteiger charge is -2.43. The van der Waals surface area contributed by atoms with E-state index in [1.54, 1.807) is 7.11 Å². The first-order valence-corrected chi connectivity index (χ1v) is 28.8. The number of aliphatic hydroxyl groups excluding tert-OH is 1. The zero-order valence-electron chi connectivity index (χ0n) is 45.7. The molecule has 6 rings (SSSR count). The van der Waals surface area contributed by atoms with Gasteiger partial charge in [0.1, 0.15) is 17.3 Å². The molecule has 0 amide bonds. The summed E-state index contributed by atoms with van der Waals surface area (Å²) in [5, 5.41) is 8.54. The Hall–Kier alpha value is -1.99. The molecule has 420 valence electrons. The molecule has 6 aliphatic rings. The van der Waals surface area contributed by atoms with Crippen LogP contribution in [-0.2, 0) is 66.5 Å². The number of unbranched alkanes of at least 4 members (excludes halogenated alkanes) is 12. The van der Waals surface area contributed by atoms with E-state index in [0.717, 1.165) is 96.5 Å². The second-order valence-corrected chi connectivity index (χ2v) is 23.4. The van der Waals surface area contributed by atoms with Crippen molar-refractivity contribution in [1.82, 2.24) is 0 Å². The van der Waals surface area contributed by atoms with E-state index in [2.05, 4.69) is 63.2 Å². The van der Waals surface area contributed by atoms with Crippen molar-refractivity contribution in [2.24, 2.45) is 11.8 Å². The summed E-state index contributed by atoms with van der Waals surface area (Å²) in [7, 11) is 2.76. The zero-order valence-corrected chi connectivity index (χ0v) is 46.5. The fourth-order valence-electron chi connectivity index (χ4n) is 11.4. The Balaban J connectivity index is 0.000000308. The Morgan fingerprint density at radius 3 is 1.35 bits per heavy atom. The summed E-state index contributed by atoms with van der Waals surface area (Å²) in [6.07, 6.45) is 27.0. The van der Waals surface area contributed by atoms with Gasteiger partial charge in [-0.2, -0.15) is 8.42 Å². The maximum atomic E-state index is 11.6. The Morgan fingerprint density at radius 1 is 0.611 bits per heavy atom. The molecule has 0 bridgehead atoms. The molecule has 2 spiro atoms. The third kappa shape index (κ3) is 19.9. The summed E-state index contributed by atoms with van der Waals surface area (Å²) < 4.78 is 80.1. The summed E-state index contributed by atoms with van der Waals surface area (Å²) >= 11 is 0. The van der Waals surface area contributed by atoms with Crippen LogP contribution in [0.3, 0.4) is 0 Å². The van der Waals surface area contributed by atoms with Crippen molar-refractivity contribution < 1.29 is 69.9 Å². The van der Waals surface area contributed by atoms with Gasteiger partial charge in [0.2, 0.25) is 0 Å². The van der Waals surface area contributed by atoms with E-state index in [4.69, 9.17) is 42.4 Å². The lowest BCUT2D eigenvalue weighted by Crippen LogP contribution is -2.55. The number of hydrogen-bond acceptors (Lipinski definition) is 15. The van der Waals surface area contributed by atoms with Gasteiger partial charge in [0, 0.05) is 40.3 Å². The van der Waals surface area contributed by atoms with Crippen LogP contribution in [0.1, 0.15) is 190 Å². The molecule has 1 N–H and O–H groups in total. The van der Waals surface area contributed by atoms with Gasteiger partial charge in [-0.1, -0.05) is 94.9 Å². The first kappa shape index (κ1) is 64.3. The quantitative estimate of drug-likeness (QED) is 0.0235. The molecule has 0 aromatic heterocycles. The van der Waals surface area contributed by atoms with Gasteiger partial charge in [0.15, 0.2) is 0 Å². The number of aliphatic hydroxyl groups is 1. The molecule has 4 aliphatic heterocycles. The van der Waals surface area contributed by atoms with Gasteiger partial charge in [-0.3, -0.25) is 13.8 Å². The summed E-state index contributed by atoms with van der Waals surface area (Å²) in [5.74, 6) is -0.0260. The third-order valence-corrected chi connectivity index (χ3v) is 16.2. The number of allylic oxidation sites excluding steroid dienone is 2. The van der Waals surface area contributed by atoms with Crippen LogP contribution in [0.25, 0.3) is 0 Å². The van der Waals surface area contributed by atoms with Crippen molar-refractivity contribution in [1.29, 1.82) is 0 Å². The topological polar surface area (TPSA) is 194 Å². The van der Waals surface area contributed by atoms with Crippen LogP contribution < -0.4 is 0 Å². The molecular weight excluding hydrogens is 945 g/mol. The highest BCUT2D eigenvalue weighted by Crippen LogP contribution is 2.61. The van der Waals surface area contributed by atoms with E-state index >= 15 is 0 Å². The van der Waals surface area contributed by atoms with Gasteiger partial charge in [-0.15, -0.1) is 0 Å². The molecule has 12 atom stereocenters. The zero-order chi connectivity index (χ0) is 52.3. The number of esters is 2. The summed E-state index contributed by atoms with van der Waals surface area (Å²) in [5.41, 5.74) is 1.69. The van der Waals surface area contributed by atoms with Gasteiger partial charge < -0.3 is 47.7 Å². The number of rotatable bonds is 30. The average Bonchev–Trinajstić information content (AvgIpc) is 4.22. The number of hydrogen-bond donors (Lipinski definition) is 1. The highest BCUT2D eigenvalue weighted by molar-refractivity contribution is 7.86. The van der Waals surface area contributed by atoms with Gasteiger partial charge in [-0.25, -0.2) is 0 Å². The fourth-order valence-corrected chi connectivity index (χ4v) is 12.0. The van der Waals surface area contributed by atoms with Gasteiger partial charge in [-0.05, 0) is 106 Å². The standard InChI is InChI=1S/C27H46O6.C17H28O6S.C11H22O3.CH4/c1-20(2)14-15-22-26(3,33-22)25-24(30-5)21(16-17-27(25)19-32-27)31-18-12-10-8-6-7-9-11-13-23(28)29-4;1-11(2)6-7-13-16(3,22-13)15-14(20-4)12(23-24(5,18)19)8-9-17(15)10-21-17;1-14-11(13)9-7-5-3-2-4-6-8-10-12;/h14,21-22,24-25H,6-13,15-19H2,1-5H3;6,12-15H,7-10H2,1-5H3;12H,2-10H2,1H3;1H4/t21-,22-,24-,25-,26+,27+;12-,13+,14+,15+,16-,17-;;/m10../s1. The van der Waals surface area contributed by atoms with Crippen LogP contribution in [0.5, 0.6) is 0 Å². The molecule has 16 heteroatoms. The first-order chi connectivity index (χ1) is 33.8. The average molecular weight is 1050 g/mol. The van der Waals surface area contributed by atoms with E-state index in [1.807, 2.05) is 7.11 Å². The summed E-state index contributed by atoms with van der Waals surface area (Å²) in [6.45, 7) is 15.3. The lowest BCUT2D eigenvalue weighted by molar-refractivity contribution is -0.141. The minimum atomic E-state index is -3.54. The number of carbonyl (C=O) groups excluding carboxylic acids is 2. The summed E-state index contributed by atoms with van der Waals surface area (Å²) in [4.78, 5) is 21.9. The molecule has 6 fully saturated rings. The van der Waals surface area contributed by atoms with Crippen molar-refractivity contribution in [3.63, 3.8) is 0 Å². The van der Waals surface area contributed by atoms with Crippen molar-refractivity contribution in [3.8, 4) is 0 Å². The molecule has 4 heterocycles. The maximum absolute atomic E-state index is 11.6. The monoisotopic (exact) mass is 1040 g/mol. The smallest absolute Gasteiger partial charge is 0.305 e. The molecule has 0 radical (unpaired) electrons. The fraction of sp³-hybridized carbons (Fsp3) is 0.893. The molecule has 0 unspecified atom stereocenters. The van der Waals surface area contributed by atoms with Crippen molar-refractivity contribution in [2.45, 2.75) is 249 Å². The van der Waals surface area contributed by atoms with Crippen LogP contribution in [0.15, 0.2) is 23.3 Å². The SMILES string of the molecule is C.COC(=O)CCCCCCCCCO.COC(=O)CCCCCCCCCO[C@@H]1CC[C@]2(CO2)[C@@H]([C@@]2(C)O[C@@H]2CC=C(C)C)[C@@H]1OC.CO[C@@H]1[C@@H](OS(C)(=O)=O)CC[C@]2(CO2)[C@H]1[C@@]1(C)O[C@@H]1CC=C(C)C. The predicted molar refractivity (Wildman–Crippen MR) is 280 cm³/mol. The van der Waals surface area contributed by atoms with E-state index in [9.17, 15) is 18.0 Å². The second kappa shape index (κ2) is 30.7. The van der Waals surface area contributed by atoms with E-state index < -0.39 is 16.2 Å². The van der Waals surface area contributed by atoms with Crippen molar-refractivity contribution in [3.05, 3.63) is 23.3 Å². The molecular formula is C56H100O15S. The van der Waals surface area contributed by atoms with Crippen molar-refractivity contribution in [2.75, 3.05) is 61.1 Å². The number of carbonyl (C=O) groups is 2. The minimum Gasteiger partial charge on any atom is -0.469 e. The Morgan fingerprint density at radius 2 is 0.986 bits per heavy atom. The van der Waals surface area contributed by atoms with E-state index in [1.165, 1.54) is 70.3 Å². The molecule has 4 saturated heterocycles. The van der Waals surface area contributed by atoms with Crippen LogP contribution in [0.4, 0.5) is 0 Å². The molecule has 2 saturated carbocycles. The van der Waals surface area contributed by atoms with Crippen LogP contribution in [0.2, 0.25) is 0 Å². The second-order valence-electron chi connectivity index (χ2n) is 21.8. The van der Waals surface area contributed by atoms with Crippen LogP contribution in [0, 0.1) is 11.8 Å². The third-order valence-electron chi connectivity index (χ3n) is 15.6. The van der Waals surface area contributed by atoms with E-state index in [-0.39, 0.29) is 84.1 Å². The number of ether oxygens (including phenoxy) is 9. The Labute approximate surface area is 436 Å². The molecule has 72 heavy (non-hydrogen) atoms. The van der Waals surface area contributed by atoms with Gasteiger partial charge >= 0.3 is 11.9 Å². The number of epoxide rings is 4. The van der Waals surface area contributed by atoms with E-state index in [0.29, 0.717) is 32.5 Å². The van der Waals surface area contributed by atoms with Crippen LogP contribution >= 0.6 is 0 Å².